The topological polar surface area (TPSA) is 104 Å². The van der Waals surface area contributed by atoms with Crippen LogP contribution >= 0.6 is 0 Å². The Hall–Kier alpha value is -2.58. The third-order valence-electron chi connectivity index (χ3n) is 4.16. The average Bonchev–Trinajstić information content (AvgIpc) is 3.01. The molecule has 0 fully saturated rings. The van der Waals surface area contributed by atoms with Crippen LogP contribution in [-0.4, -0.2) is 32.0 Å². The van der Waals surface area contributed by atoms with E-state index in [1.54, 1.807) is 13.2 Å². The highest BCUT2D eigenvalue weighted by Crippen LogP contribution is 2.19. The van der Waals surface area contributed by atoms with Gasteiger partial charge in [-0.05, 0) is 49.1 Å². The molecule has 0 saturated carbocycles. The van der Waals surface area contributed by atoms with Crippen molar-refractivity contribution in [2.75, 3.05) is 13.7 Å². The summed E-state index contributed by atoms with van der Waals surface area (Å²) in [6, 6.07) is 12.3. The summed E-state index contributed by atoms with van der Waals surface area (Å²) in [5, 5.41) is 0. The summed E-state index contributed by atoms with van der Waals surface area (Å²) >= 11 is 0. The van der Waals surface area contributed by atoms with Gasteiger partial charge in [-0.1, -0.05) is 18.2 Å². The van der Waals surface area contributed by atoms with E-state index in [1.165, 1.54) is 12.1 Å². The van der Waals surface area contributed by atoms with Gasteiger partial charge in [0.1, 0.15) is 5.75 Å². The quantitative estimate of drug-likeness (QED) is 0.525. The number of rotatable bonds is 8. The number of H-pyrrole nitrogens is 2. The summed E-state index contributed by atoms with van der Waals surface area (Å²) in [6.45, 7) is 0.346. The standard InChI is InChI=1S/C18H21N3O4S/c1-25-17-8-3-2-6-13(17)7-4-5-11-19-26(23,24)14-9-10-15-16(12-14)21-18(22)20-15/h2-3,6,8-10,12,19H,4-5,7,11H2,1H3,(H2,20,21,22). The largest absolute Gasteiger partial charge is 0.496 e. The number of imidazole rings is 1. The van der Waals surface area contributed by atoms with Gasteiger partial charge in [0, 0.05) is 6.54 Å². The number of aryl methyl sites for hydroxylation is 1. The van der Waals surface area contributed by atoms with Gasteiger partial charge in [0.25, 0.3) is 0 Å². The van der Waals surface area contributed by atoms with Crippen molar-refractivity contribution in [3.63, 3.8) is 0 Å². The molecule has 0 aliphatic rings. The third kappa shape index (κ3) is 4.14. The van der Waals surface area contributed by atoms with Crippen molar-refractivity contribution in [2.24, 2.45) is 0 Å². The van der Waals surface area contributed by atoms with Crippen LogP contribution in [0.4, 0.5) is 0 Å². The predicted octanol–water partition coefficient (Wildman–Crippen LogP) is 2.17. The number of unbranched alkanes of at least 4 members (excludes halogenated alkanes) is 1. The molecule has 3 rings (SSSR count). The molecule has 3 N–H and O–H groups in total. The highest BCUT2D eigenvalue weighted by Gasteiger charge is 2.14. The van der Waals surface area contributed by atoms with Crippen LogP contribution in [0.25, 0.3) is 11.0 Å². The van der Waals surface area contributed by atoms with E-state index in [0.717, 1.165) is 24.2 Å². The number of fused-ring (bicyclic) bond motifs is 1. The van der Waals surface area contributed by atoms with Crippen molar-refractivity contribution in [3.8, 4) is 5.75 Å². The maximum atomic E-state index is 12.4. The number of aromatic amines is 2. The normalized spacial score (nSPS) is 11.7. The van der Waals surface area contributed by atoms with E-state index in [2.05, 4.69) is 14.7 Å². The molecular formula is C18H21N3O4S. The molecule has 1 aromatic heterocycles. The Labute approximate surface area is 151 Å². The predicted molar refractivity (Wildman–Crippen MR) is 100 cm³/mol. The van der Waals surface area contributed by atoms with E-state index < -0.39 is 10.0 Å². The third-order valence-corrected chi connectivity index (χ3v) is 5.61. The summed E-state index contributed by atoms with van der Waals surface area (Å²) in [4.78, 5) is 16.5. The molecule has 26 heavy (non-hydrogen) atoms. The number of methoxy groups -OCH3 is 1. The van der Waals surface area contributed by atoms with E-state index in [4.69, 9.17) is 4.74 Å². The molecule has 0 amide bonds. The Morgan fingerprint density at radius 2 is 1.81 bits per heavy atom. The zero-order chi connectivity index (χ0) is 18.6. The molecule has 3 aromatic rings. The van der Waals surface area contributed by atoms with Gasteiger partial charge in [0.15, 0.2) is 0 Å². The van der Waals surface area contributed by atoms with Crippen LogP contribution in [0.15, 0.2) is 52.2 Å². The Kier molecular flexibility index (Phi) is 5.43. The van der Waals surface area contributed by atoms with Crippen molar-refractivity contribution in [3.05, 3.63) is 58.5 Å². The fourth-order valence-electron chi connectivity index (χ4n) is 2.82. The summed E-state index contributed by atoms with van der Waals surface area (Å²) in [7, 11) is -1.97. The number of nitrogens with one attached hydrogen (secondary N) is 3. The van der Waals surface area contributed by atoms with E-state index in [9.17, 15) is 13.2 Å². The van der Waals surface area contributed by atoms with Gasteiger partial charge in [0.2, 0.25) is 10.0 Å². The lowest BCUT2D eigenvalue weighted by molar-refractivity contribution is 0.409. The van der Waals surface area contributed by atoms with E-state index >= 15 is 0 Å². The molecule has 2 aromatic carbocycles. The minimum atomic E-state index is -3.61. The highest BCUT2D eigenvalue weighted by molar-refractivity contribution is 7.89. The summed E-state index contributed by atoms with van der Waals surface area (Å²) in [5.41, 5.74) is 1.79. The molecule has 0 radical (unpaired) electrons. The maximum Gasteiger partial charge on any atom is 0.323 e. The molecule has 0 aliphatic heterocycles. The number of sulfonamides is 1. The first kappa shape index (κ1) is 18.2. The number of hydrogen-bond acceptors (Lipinski definition) is 4. The molecule has 8 heteroatoms. The molecule has 0 bridgehead atoms. The molecule has 138 valence electrons. The molecule has 0 spiro atoms. The maximum absolute atomic E-state index is 12.4. The van der Waals surface area contributed by atoms with Crippen LogP contribution in [0, 0.1) is 0 Å². The van der Waals surface area contributed by atoms with Crippen LogP contribution in [0.1, 0.15) is 18.4 Å². The van der Waals surface area contributed by atoms with Gasteiger partial charge in [-0.15, -0.1) is 0 Å². The van der Waals surface area contributed by atoms with Crippen molar-refractivity contribution in [2.45, 2.75) is 24.2 Å². The van der Waals surface area contributed by atoms with E-state index in [0.29, 0.717) is 24.0 Å². The van der Waals surface area contributed by atoms with Gasteiger partial charge < -0.3 is 14.7 Å². The fourth-order valence-corrected chi connectivity index (χ4v) is 3.92. The van der Waals surface area contributed by atoms with Crippen molar-refractivity contribution >= 4 is 21.1 Å². The number of aromatic nitrogens is 2. The average molecular weight is 375 g/mol. The molecule has 0 unspecified atom stereocenters. The highest BCUT2D eigenvalue weighted by atomic mass is 32.2. The number of hydrogen-bond donors (Lipinski definition) is 3. The number of para-hydroxylation sites is 1. The Morgan fingerprint density at radius 3 is 2.62 bits per heavy atom. The van der Waals surface area contributed by atoms with Crippen molar-refractivity contribution < 1.29 is 13.2 Å². The molecule has 0 saturated heterocycles. The lowest BCUT2D eigenvalue weighted by Gasteiger charge is -2.09. The van der Waals surface area contributed by atoms with Gasteiger partial charge >= 0.3 is 5.69 Å². The van der Waals surface area contributed by atoms with Gasteiger partial charge in [-0.2, -0.15) is 0 Å². The minimum absolute atomic E-state index is 0.130. The zero-order valence-electron chi connectivity index (χ0n) is 14.4. The van der Waals surface area contributed by atoms with Gasteiger partial charge in [-0.3, -0.25) is 0 Å². The zero-order valence-corrected chi connectivity index (χ0v) is 15.2. The summed E-state index contributed by atoms with van der Waals surface area (Å²) in [6.07, 6.45) is 2.37. The van der Waals surface area contributed by atoms with E-state index in [-0.39, 0.29) is 10.6 Å². The lowest BCUT2D eigenvalue weighted by atomic mass is 10.1. The lowest BCUT2D eigenvalue weighted by Crippen LogP contribution is -2.24. The van der Waals surface area contributed by atoms with E-state index in [1.807, 2.05) is 24.3 Å². The fraction of sp³-hybridized carbons (Fsp3) is 0.278. The Morgan fingerprint density at radius 1 is 1.04 bits per heavy atom. The second-order valence-corrected chi connectivity index (χ2v) is 7.72. The summed E-state index contributed by atoms with van der Waals surface area (Å²) < 4.78 is 32.7. The second kappa shape index (κ2) is 7.76. The molecule has 1 heterocycles. The molecule has 0 atom stereocenters. The number of ether oxygens (including phenoxy) is 1. The minimum Gasteiger partial charge on any atom is -0.496 e. The first-order valence-corrected chi connectivity index (χ1v) is 9.81. The summed E-state index contributed by atoms with van der Waals surface area (Å²) in [5.74, 6) is 0.849. The molecule has 7 nitrogen and oxygen atoms in total. The van der Waals surface area contributed by atoms with Crippen molar-refractivity contribution in [1.82, 2.24) is 14.7 Å². The second-order valence-electron chi connectivity index (χ2n) is 5.95. The van der Waals surface area contributed by atoms with Gasteiger partial charge in [0.05, 0.1) is 23.0 Å². The van der Waals surface area contributed by atoms with Crippen LogP contribution in [0.3, 0.4) is 0 Å². The first-order chi connectivity index (χ1) is 12.5. The SMILES string of the molecule is COc1ccccc1CCCCNS(=O)(=O)c1ccc2[nH]c(=O)[nH]c2c1. The van der Waals surface area contributed by atoms with Gasteiger partial charge in [-0.25, -0.2) is 17.9 Å². The Bertz CT molecular complexity index is 1050. The van der Waals surface area contributed by atoms with Crippen LogP contribution in [0.5, 0.6) is 5.75 Å². The number of benzene rings is 2. The molecule has 0 aliphatic carbocycles. The Balaban J connectivity index is 1.55. The van der Waals surface area contributed by atoms with Crippen LogP contribution in [0.2, 0.25) is 0 Å². The van der Waals surface area contributed by atoms with Crippen molar-refractivity contribution in [1.29, 1.82) is 0 Å². The first-order valence-electron chi connectivity index (χ1n) is 8.33. The monoisotopic (exact) mass is 375 g/mol. The smallest absolute Gasteiger partial charge is 0.323 e. The van der Waals surface area contributed by atoms with Crippen LogP contribution in [-0.2, 0) is 16.4 Å². The van der Waals surface area contributed by atoms with Crippen LogP contribution < -0.4 is 15.1 Å². The molecular weight excluding hydrogens is 354 g/mol.